The highest BCUT2D eigenvalue weighted by molar-refractivity contribution is 9.10. The Morgan fingerprint density at radius 2 is 1.93 bits per heavy atom. The van der Waals surface area contributed by atoms with Gasteiger partial charge < -0.3 is 14.8 Å². The van der Waals surface area contributed by atoms with Crippen LogP contribution in [0, 0.1) is 13.8 Å². The summed E-state index contributed by atoms with van der Waals surface area (Å²) in [5.41, 5.74) is 5.67. The number of hydrogen-bond donors (Lipinski definition) is 1. The molecule has 0 spiro atoms. The SMILES string of the molecule is Cc1cc(N2C(=S)N[C@H](c3ccccn3)[C@@H]2c2ccc(C)n2C)ccc1Br. The molecule has 1 aliphatic rings. The van der Waals surface area contributed by atoms with E-state index in [9.17, 15) is 0 Å². The lowest BCUT2D eigenvalue weighted by Crippen LogP contribution is -2.30. The summed E-state index contributed by atoms with van der Waals surface area (Å²) in [4.78, 5) is 6.81. The topological polar surface area (TPSA) is 33.1 Å². The fourth-order valence-corrected chi connectivity index (χ4v) is 4.23. The normalized spacial score (nSPS) is 19.4. The third-order valence-electron chi connectivity index (χ3n) is 5.23. The zero-order valence-corrected chi connectivity index (χ0v) is 17.9. The number of thiocarbonyl (C=S) groups is 1. The molecule has 6 heteroatoms. The van der Waals surface area contributed by atoms with Crippen LogP contribution in [0.25, 0.3) is 0 Å². The predicted molar refractivity (Wildman–Crippen MR) is 117 cm³/mol. The molecule has 1 aliphatic heterocycles. The molecule has 4 nitrogen and oxygen atoms in total. The van der Waals surface area contributed by atoms with Crippen LogP contribution in [0.1, 0.15) is 34.7 Å². The smallest absolute Gasteiger partial charge is 0.174 e. The van der Waals surface area contributed by atoms with Crippen LogP contribution >= 0.6 is 28.1 Å². The molecule has 0 saturated carbocycles. The summed E-state index contributed by atoms with van der Waals surface area (Å²) in [7, 11) is 2.10. The van der Waals surface area contributed by atoms with Gasteiger partial charge in [0.05, 0.1) is 11.7 Å². The van der Waals surface area contributed by atoms with E-state index in [0.29, 0.717) is 0 Å². The van der Waals surface area contributed by atoms with Gasteiger partial charge in [-0.05, 0) is 74.1 Å². The molecule has 3 heterocycles. The maximum atomic E-state index is 5.77. The Hall–Kier alpha value is -2.18. The molecular formula is C21H21BrN4S. The van der Waals surface area contributed by atoms with E-state index < -0.39 is 0 Å². The minimum atomic E-state index is -0.0179. The van der Waals surface area contributed by atoms with Crippen molar-refractivity contribution in [3.8, 4) is 0 Å². The zero-order valence-electron chi connectivity index (χ0n) is 15.5. The number of halogens is 1. The van der Waals surface area contributed by atoms with E-state index in [1.165, 1.54) is 17.0 Å². The summed E-state index contributed by atoms with van der Waals surface area (Å²) < 4.78 is 3.33. The average molecular weight is 441 g/mol. The second kappa shape index (κ2) is 7.09. The number of nitrogens with one attached hydrogen (secondary N) is 1. The van der Waals surface area contributed by atoms with Gasteiger partial charge in [-0.1, -0.05) is 22.0 Å². The van der Waals surface area contributed by atoms with E-state index in [-0.39, 0.29) is 12.1 Å². The van der Waals surface area contributed by atoms with E-state index in [1.807, 2.05) is 18.3 Å². The molecule has 0 unspecified atom stereocenters. The molecular weight excluding hydrogens is 420 g/mol. The monoisotopic (exact) mass is 440 g/mol. The van der Waals surface area contributed by atoms with Gasteiger partial charge in [-0.25, -0.2) is 0 Å². The summed E-state index contributed by atoms with van der Waals surface area (Å²) in [5.74, 6) is 0. The minimum absolute atomic E-state index is 0.0179. The summed E-state index contributed by atoms with van der Waals surface area (Å²) in [6, 6.07) is 16.7. The molecule has 1 aromatic carbocycles. The molecule has 3 aromatic rings. The Morgan fingerprint density at radius 3 is 2.56 bits per heavy atom. The van der Waals surface area contributed by atoms with Crippen molar-refractivity contribution < 1.29 is 0 Å². The molecule has 0 radical (unpaired) electrons. The van der Waals surface area contributed by atoms with Crippen molar-refractivity contribution in [1.82, 2.24) is 14.9 Å². The summed E-state index contributed by atoms with van der Waals surface area (Å²) in [6.45, 7) is 4.21. The Morgan fingerprint density at radius 1 is 1.11 bits per heavy atom. The largest absolute Gasteiger partial charge is 0.351 e. The molecule has 0 bridgehead atoms. The summed E-state index contributed by atoms with van der Waals surface area (Å²) in [5, 5.41) is 4.23. The van der Waals surface area contributed by atoms with Crippen molar-refractivity contribution in [1.29, 1.82) is 0 Å². The molecule has 27 heavy (non-hydrogen) atoms. The van der Waals surface area contributed by atoms with Crippen LogP contribution < -0.4 is 10.2 Å². The van der Waals surface area contributed by atoms with E-state index in [4.69, 9.17) is 12.2 Å². The highest BCUT2D eigenvalue weighted by Gasteiger charge is 2.42. The molecule has 2 aromatic heterocycles. The van der Waals surface area contributed by atoms with Gasteiger partial charge in [0.15, 0.2) is 5.11 Å². The number of anilines is 1. The van der Waals surface area contributed by atoms with E-state index in [0.717, 1.165) is 21.0 Å². The van der Waals surface area contributed by atoms with Gasteiger partial charge in [-0.3, -0.25) is 4.98 Å². The van der Waals surface area contributed by atoms with Crippen LogP contribution in [0.3, 0.4) is 0 Å². The molecule has 1 saturated heterocycles. The van der Waals surface area contributed by atoms with E-state index >= 15 is 0 Å². The summed E-state index contributed by atoms with van der Waals surface area (Å²) >= 11 is 9.36. The predicted octanol–water partition coefficient (Wildman–Crippen LogP) is 4.98. The standard InChI is InChI=1S/C21H21BrN4S/c1-13-12-15(8-9-16(13)22)26-20(18-10-7-14(2)25(18)3)19(24-21(26)27)17-6-4-5-11-23-17/h4-12,19-20H,1-3H3,(H,24,27)/t19-,20+/m1/s1. The fourth-order valence-electron chi connectivity index (χ4n) is 3.64. The maximum absolute atomic E-state index is 5.77. The zero-order chi connectivity index (χ0) is 19.1. The molecule has 0 aliphatic carbocycles. The molecule has 1 fully saturated rings. The number of nitrogens with zero attached hydrogens (tertiary/aromatic N) is 3. The first-order valence-electron chi connectivity index (χ1n) is 8.86. The van der Waals surface area contributed by atoms with Crippen LogP contribution in [-0.4, -0.2) is 14.7 Å². The average Bonchev–Trinajstić information content (AvgIpc) is 3.18. The van der Waals surface area contributed by atoms with Crippen molar-refractivity contribution in [2.75, 3.05) is 4.90 Å². The van der Waals surface area contributed by atoms with E-state index in [2.05, 4.69) is 93.0 Å². The van der Waals surface area contributed by atoms with Gasteiger partial charge in [0.1, 0.15) is 6.04 Å². The van der Waals surface area contributed by atoms with E-state index in [1.54, 1.807) is 0 Å². The van der Waals surface area contributed by atoms with Crippen LogP contribution in [0.15, 0.2) is 59.2 Å². The number of benzene rings is 1. The van der Waals surface area contributed by atoms with Gasteiger partial charge in [0.2, 0.25) is 0 Å². The van der Waals surface area contributed by atoms with Crippen LogP contribution in [-0.2, 0) is 7.05 Å². The number of aromatic nitrogens is 2. The van der Waals surface area contributed by atoms with Crippen molar-refractivity contribution >= 4 is 38.9 Å². The highest BCUT2D eigenvalue weighted by Crippen LogP contribution is 2.42. The minimum Gasteiger partial charge on any atom is -0.351 e. The number of aryl methyl sites for hydroxylation is 2. The third kappa shape index (κ3) is 3.17. The van der Waals surface area contributed by atoms with Gasteiger partial charge >= 0.3 is 0 Å². The second-order valence-electron chi connectivity index (χ2n) is 6.89. The first-order chi connectivity index (χ1) is 13.0. The summed E-state index contributed by atoms with van der Waals surface area (Å²) in [6.07, 6.45) is 1.83. The first kappa shape index (κ1) is 18.2. The Labute approximate surface area is 173 Å². The lowest BCUT2D eigenvalue weighted by atomic mass is 10.0. The lowest BCUT2D eigenvalue weighted by Gasteiger charge is -2.29. The molecule has 138 valence electrons. The Balaban J connectivity index is 1.87. The van der Waals surface area contributed by atoms with Crippen molar-refractivity contribution in [2.24, 2.45) is 7.05 Å². The number of pyridine rings is 1. The molecule has 2 atom stereocenters. The van der Waals surface area contributed by atoms with Crippen LogP contribution in [0.4, 0.5) is 5.69 Å². The van der Waals surface area contributed by atoms with Crippen molar-refractivity contribution in [2.45, 2.75) is 25.9 Å². The highest BCUT2D eigenvalue weighted by atomic mass is 79.9. The molecule has 1 N–H and O–H groups in total. The van der Waals surface area contributed by atoms with Gasteiger partial charge in [0.25, 0.3) is 0 Å². The van der Waals surface area contributed by atoms with Crippen LogP contribution in [0.5, 0.6) is 0 Å². The quantitative estimate of drug-likeness (QED) is 0.582. The molecule has 4 rings (SSSR count). The number of hydrogen-bond acceptors (Lipinski definition) is 2. The van der Waals surface area contributed by atoms with Gasteiger partial charge in [0, 0.05) is 34.8 Å². The van der Waals surface area contributed by atoms with Crippen LogP contribution in [0.2, 0.25) is 0 Å². The first-order valence-corrected chi connectivity index (χ1v) is 10.1. The van der Waals surface area contributed by atoms with Crippen molar-refractivity contribution in [3.05, 3.63) is 81.8 Å². The molecule has 0 amide bonds. The van der Waals surface area contributed by atoms with Crippen molar-refractivity contribution in [3.63, 3.8) is 0 Å². The fraction of sp³-hybridized carbons (Fsp3) is 0.238. The Bertz CT molecular complexity index is 999. The van der Waals surface area contributed by atoms with Gasteiger partial charge in [-0.15, -0.1) is 0 Å². The number of rotatable bonds is 3. The maximum Gasteiger partial charge on any atom is 0.174 e. The Kier molecular flexibility index (Phi) is 4.78. The second-order valence-corrected chi connectivity index (χ2v) is 8.13. The third-order valence-corrected chi connectivity index (χ3v) is 6.44. The van der Waals surface area contributed by atoms with Gasteiger partial charge in [-0.2, -0.15) is 0 Å². The lowest BCUT2D eigenvalue weighted by molar-refractivity contribution is 0.539.